The summed E-state index contributed by atoms with van der Waals surface area (Å²) in [5, 5.41) is 11.4. The first-order valence-electron chi connectivity index (χ1n) is 4.94. The fraction of sp³-hybridized carbons (Fsp3) is 0.273. The molecule has 0 bridgehead atoms. The van der Waals surface area contributed by atoms with Crippen LogP contribution in [-0.2, 0) is 6.54 Å². The molecule has 4 nitrogen and oxygen atoms in total. The molecule has 0 amide bonds. The molecule has 1 aromatic carbocycles. The van der Waals surface area contributed by atoms with E-state index in [-0.39, 0.29) is 0 Å². The molecule has 1 heterocycles. The standard InChI is InChI=1S/C11H12ClN3O/c1-7-3-4-8(9(12)5-7)11-15-14-10(16-11)6-13-2/h3-5,13H,6H2,1-2H3. The van der Waals surface area contributed by atoms with Crippen molar-refractivity contribution in [3.05, 3.63) is 34.7 Å². The first-order valence-corrected chi connectivity index (χ1v) is 5.32. The molecule has 0 aliphatic heterocycles. The summed E-state index contributed by atoms with van der Waals surface area (Å²) in [5.74, 6) is 1.00. The Morgan fingerprint density at radius 3 is 2.88 bits per heavy atom. The van der Waals surface area contributed by atoms with Gasteiger partial charge in [-0.1, -0.05) is 17.7 Å². The number of hydrogen-bond acceptors (Lipinski definition) is 4. The third-order valence-electron chi connectivity index (χ3n) is 2.15. The minimum absolute atomic E-state index is 0.454. The zero-order valence-electron chi connectivity index (χ0n) is 9.12. The van der Waals surface area contributed by atoms with Gasteiger partial charge in [-0.3, -0.25) is 0 Å². The summed E-state index contributed by atoms with van der Waals surface area (Å²) >= 11 is 6.11. The normalized spacial score (nSPS) is 10.7. The van der Waals surface area contributed by atoms with Crippen molar-refractivity contribution in [2.24, 2.45) is 0 Å². The van der Waals surface area contributed by atoms with E-state index in [9.17, 15) is 0 Å². The van der Waals surface area contributed by atoms with Gasteiger partial charge in [0.25, 0.3) is 0 Å². The molecule has 5 heteroatoms. The third-order valence-corrected chi connectivity index (χ3v) is 2.46. The molecule has 84 valence electrons. The Balaban J connectivity index is 2.35. The van der Waals surface area contributed by atoms with Crippen LogP contribution in [0, 0.1) is 6.92 Å². The molecule has 1 aromatic heterocycles. The van der Waals surface area contributed by atoms with E-state index in [0.29, 0.717) is 23.3 Å². The van der Waals surface area contributed by atoms with Crippen LogP contribution in [0.25, 0.3) is 11.5 Å². The number of nitrogens with zero attached hydrogens (tertiary/aromatic N) is 2. The first-order chi connectivity index (χ1) is 7.70. The van der Waals surface area contributed by atoms with Crippen molar-refractivity contribution in [3.8, 4) is 11.5 Å². The summed E-state index contributed by atoms with van der Waals surface area (Å²) in [6.45, 7) is 2.53. The summed E-state index contributed by atoms with van der Waals surface area (Å²) in [4.78, 5) is 0. The van der Waals surface area contributed by atoms with Gasteiger partial charge in [-0.25, -0.2) is 0 Å². The van der Waals surface area contributed by atoms with Crippen LogP contribution < -0.4 is 5.32 Å². The molecule has 2 rings (SSSR count). The Morgan fingerprint density at radius 2 is 2.19 bits per heavy atom. The Morgan fingerprint density at radius 1 is 1.38 bits per heavy atom. The second-order valence-electron chi connectivity index (χ2n) is 3.51. The van der Waals surface area contributed by atoms with Gasteiger partial charge < -0.3 is 9.73 Å². The van der Waals surface area contributed by atoms with Gasteiger partial charge in [-0.05, 0) is 31.7 Å². The predicted molar refractivity (Wildman–Crippen MR) is 62.2 cm³/mol. The van der Waals surface area contributed by atoms with E-state index in [0.717, 1.165) is 11.1 Å². The number of hydrogen-bond donors (Lipinski definition) is 1. The molecule has 0 fully saturated rings. The van der Waals surface area contributed by atoms with Crippen molar-refractivity contribution in [1.82, 2.24) is 15.5 Å². The van der Waals surface area contributed by atoms with Crippen molar-refractivity contribution in [1.29, 1.82) is 0 Å². The van der Waals surface area contributed by atoms with Crippen LogP contribution in [-0.4, -0.2) is 17.2 Å². The van der Waals surface area contributed by atoms with Gasteiger partial charge in [-0.15, -0.1) is 10.2 Å². The highest BCUT2D eigenvalue weighted by molar-refractivity contribution is 6.33. The Hall–Kier alpha value is -1.39. The van der Waals surface area contributed by atoms with Gasteiger partial charge in [0, 0.05) is 0 Å². The highest BCUT2D eigenvalue weighted by atomic mass is 35.5. The fourth-order valence-corrected chi connectivity index (χ4v) is 1.69. The zero-order valence-corrected chi connectivity index (χ0v) is 9.88. The van der Waals surface area contributed by atoms with E-state index < -0.39 is 0 Å². The fourth-order valence-electron chi connectivity index (χ4n) is 1.38. The van der Waals surface area contributed by atoms with Crippen LogP contribution in [0.5, 0.6) is 0 Å². The quantitative estimate of drug-likeness (QED) is 0.891. The van der Waals surface area contributed by atoms with Crippen LogP contribution >= 0.6 is 11.6 Å². The van der Waals surface area contributed by atoms with E-state index in [1.54, 1.807) is 0 Å². The minimum atomic E-state index is 0.454. The Bertz CT molecular complexity index is 496. The Kier molecular flexibility index (Phi) is 3.22. The summed E-state index contributed by atoms with van der Waals surface area (Å²) in [6.07, 6.45) is 0. The lowest BCUT2D eigenvalue weighted by molar-refractivity contribution is 0.490. The average Bonchev–Trinajstić information content (AvgIpc) is 2.67. The van der Waals surface area contributed by atoms with Crippen molar-refractivity contribution in [2.75, 3.05) is 7.05 Å². The van der Waals surface area contributed by atoms with Crippen LogP contribution in [0.1, 0.15) is 11.5 Å². The van der Waals surface area contributed by atoms with Crippen molar-refractivity contribution in [3.63, 3.8) is 0 Å². The number of rotatable bonds is 3. The van der Waals surface area contributed by atoms with E-state index in [4.69, 9.17) is 16.0 Å². The lowest BCUT2D eigenvalue weighted by Gasteiger charge is -1.99. The van der Waals surface area contributed by atoms with Crippen molar-refractivity contribution < 1.29 is 4.42 Å². The number of aryl methyl sites for hydroxylation is 1. The topological polar surface area (TPSA) is 51.0 Å². The molecule has 0 saturated heterocycles. The predicted octanol–water partition coefficient (Wildman–Crippen LogP) is 2.42. The highest BCUT2D eigenvalue weighted by Crippen LogP contribution is 2.27. The first kappa shape index (κ1) is 11.1. The Labute approximate surface area is 98.6 Å². The molecule has 0 spiro atoms. The van der Waals surface area contributed by atoms with E-state index in [2.05, 4.69) is 15.5 Å². The molecule has 0 aliphatic carbocycles. The molecule has 16 heavy (non-hydrogen) atoms. The van der Waals surface area contributed by atoms with Gasteiger partial charge in [-0.2, -0.15) is 0 Å². The smallest absolute Gasteiger partial charge is 0.249 e. The van der Waals surface area contributed by atoms with Gasteiger partial charge in [0.2, 0.25) is 11.8 Å². The lowest BCUT2D eigenvalue weighted by atomic mass is 10.1. The summed E-state index contributed by atoms with van der Waals surface area (Å²) in [7, 11) is 1.82. The molecule has 0 radical (unpaired) electrons. The molecule has 0 atom stereocenters. The van der Waals surface area contributed by atoms with Crippen LogP contribution in [0.2, 0.25) is 5.02 Å². The summed E-state index contributed by atoms with van der Waals surface area (Å²) < 4.78 is 5.46. The second kappa shape index (κ2) is 4.63. The maximum atomic E-state index is 6.11. The van der Waals surface area contributed by atoms with Gasteiger partial charge in [0.05, 0.1) is 17.1 Å². The average molecular weight is 238 g/mol. The summed E-state index contributed by atoms with van der Waals surface area (Å²) in [6, 6.07) is 5.72. The van der Waals surface area contributed by atoms with E-state index in [1.807, 2.05) is 32.2 Å². The second-order valence-corrected chi connectivity index (χ2v) is 3.92. The molecule has 0 saturated carbocycles. The highest BCUT2D eigenvalue weighted by Gasteiger charge is 2.11. The van der Waals surface area contributed by atoms with Crippen LogP contribution in [0.3, 0.4) is 0 Å². The minimum Gasteiger partial charge on any atom is -0.419 e. The summed E-state index contributed by atoms with van der Waals surface area (Å²) in [5.41, 5.74) is 1.87. The number of halogens is 1. The van der Waals surface area contributed by atoms with Crippen LogP contribution in [0.15, 0.2) is 22.6 Å². The largest absolute Gasteiger partial charge is 0.419 e. The monoisotopic (exact) mass is 237 g/mol. The van der Waals surface area contributed by atoms with Gasteiger partial charge in [0.1, 0.15) is 0 Å². The zero-order chi connectivity index (χ0) is 11.5. The molecular weight excluding hydrogens is 226 g/mol. The van der Waals surface area contributed by atoms with E-state index in [1.165, 1.54) is 0 Å². The SMILES string of the molecule is CNCc1nnc(-c2ccc(C)cc2Cl)o1. The lowest BCUT2D eigenvalue weighted by Crippen LogP contribution is -2.04. The molecule has 1 N–H and O–H groups in total. The maximum Gasteiger partial charge on any atom is 0.249 e. The number of aromatic nitrogens is 2. The van der Waals surface area contributed by atoms with E-state index >= 15 is 0 Å². The van der Waals surface area contributed by atoms with Gasteiger partial charge in [0.15, 0.2) is 0 Å². The molecule has 0 aliphatic rings. The number of benzene rings is 1. The van der Waals surface area contributed by atoms with Gasteiger partial charge >= 0.3 is 0 Å². The third kappa shape index (κ3) is 2.23. The van der Waals surface area contributed by atoms with Crippen molar-refractivity contribution >= 4 is 11.6 Å². The van der Waals surface area contributed by atoms with Crippen LogP contribution in [0.4, 0.5) is 0 Å². The van der Waals surface area contributed by atoms with Crippen molar-refractivity contribution in [2.45, 2.75) is 13.5 Å². The molecular formula is C11H12ClN3O. The maximum absolute atomic E-state index is 6.11. The molecule has 0 unspecified atom stereocenters. The molecule has 2 aromatic rings. The number of nitrogens with one attached hydrogen (secondary N) is 1.